The van der Waals surface area contributed by atoms with Crippen molar-refractivity contribution >= 4 is 17.3 Å². The van der Waals surface area contributed by atoms with E-state index in [9.17, 15) is 4.79 Å². The molecule has 0 amide bonds. The molecule has 4 rings (SSSR count). The number of rotatable bonds is 9. The topological polar surface area (TPSA) is 54.3 Å². The molecule has 0 aromatic heterocycles. The lowest BCUT2D eigenvalue weighted by Crippen LogP contribution is -2.23. The van der Waals surface area contributed by atoms with Gasteiger partial charge in [-0.3, -0.25) is 14.7 Å². The molecule has 3 aromatic carbocycles. The summed E-state index contributed by atoms with van der Waals surface area (Å²) in [6, 6.07) is 23.1. The van der Waals surface area contributed by atoms with Crippen molar-refractivity contribution in [1.82, 2.24) is 4.90 Å². The van der Waals surface area contributed by atoms with E-state index in [1.807, 2.05) is 24.1 Å². The lowest BCUT2D eigenvalue weighted by molar-refractivity contribution is -0.117. The standard InChI is InChI=1S/C29H31N3O2/c1-20-8-5-6-11-26(20)27-13-12-23(15-25(27)19-34-4)28-16-30-29(31-28)24-10-7-9-22(14-24)18-32(3)17-21(2)33/h5-15H,16-19H2,1-4H3. The van der Waals surface area contributed by atoms with Gasteiger partial charge in [0.05, 0.1) is 25.4 Å². The fourth-order valence-electron chi connectivity index (χ4n) is 4.40. The van der Waals surface area contributed by atoms with Crippen molar-refractivity contribution in [2.24, 2.45) is 9.98 Å². The Labute approximate surface area is 201 Å². The number of ketones is 1. The number of amidine groups is 1. The number of likely N-dealkylation sites (N-methyl/N-ethyl adjacent to an activating group) is 1. The number of methoxy groups -OCH3 is 1. The van der Waals surface area contributed by atoms with Crippen molar-refractivity contribution in [2.45, 2.75) is 27.0 Å². The van der Waals surface area contributed by atoms with Gasteiger partial charge in [0.15, 0.2) is 5.84 Å². The van der Waals surface area contributed by atoms with Crippen molar-refractivity contribution in [3.8, 4) is 11.1 Å². The first-order valence-electron chi connectivity index (χ1n) is 11.5. The third kappa shape index (κ3) is 5.56. The van der Waals surface area contributed by atoms with Gasteiger partial charge in [0.1, 0.15) is 5.78 Å². The minimum atomic E-state index is 0.161. The maximum Gasteiger partial charge on any atom is 0.155 e. The Morgan fingerprint density at radius 1 is 1.00 bits per heavy atom. The number of aryl methyl sites for hydroxylation is 1. The zero-order valence-corrected chi connectivity index (χ0v) is 20.3. The first-order valence-corrected chi connectivity index (χ1v) is 11.5. The minimum absolute atomic E-state index is 0.161. The van der Waals surface area contributed by atoms with Gasteiger partial charge >= 0.3 is 0 Å². The predicted molar refractivity (Wildman–Crippen MR) is 139 cm³/mol. The van der Waals surface area contributed by atoms with Gasteiger partial charge in [-0.1, -0.05) is 54.6 Å². The summed E-state index contributed by atoms with van der Waals surface area (Å²) in [4.78, 5) is 23.0. The summed E-state index contributed by atoms with van der Waals surface area (Å²) in [5, 5.41) is 0. The molecule has 34 heavy (non-hydrogen) atoms. The Morgan fingerprint density at radius 3 is 2.59 bits per heavy atom. The minimum Gasteiger partial charge on any atom is -0.380 e. The van der Waals surface area contributed by atoms with Gasteiger partial charge < -0.3 is 4.74 Å². The Kier molecular flexibility index (Phi) is 7.46. The van der Waals surface area contributed by atoms with Gasteiger partial charge in [-0.2, -0.15) is 0 Å². The van der Waals surface area contributed by atoms with Crippen LogP contribution < -0.4 is 0 Å². The number of nitrogens with zero attached hydrogens (tertiary/aromatic N) is 3. The summed E-state index contributed by atoms with van der Waals surface area (Å²) in [6.45, 7) is 5.98. The lowest BCUT2D eigenvalue weighted by atomic mass is 9.94. The van der Waals surface area contributed by atoms with E-state index in [0.717, 1.165) is 33.8 Å². The second kappa shape index (κ2) is 10.7. The molecule has 0 spiro atoms. The number of benzene rings is 3. The van der Waals surface area contributed by atoms with Crippen LogP contribution in [-0.4, -0.2) is 49.5 Å². The van der Waals surface area contributed by atoms with Crippen LogP contribution in [0.5, 0.6) is 0 Å². The van der Waals surface area contributed by atoms with E-state index in [2.05, 4.69) is 61.5 Å². The van der Waals surface area contributed by atoms with E-state index < -0.39 is 0 Å². The highest BCUT2D eigenvalue weighted by Gasteiger charge is 2.17. The van der Waals surface area contributed by atoms with Crippen LogP contribution in [0.3, 0.4) is 0 Å². The smallest absolute Gasteiger partial charge is 0.155 e. The lowest BCUT2D eigenvalue weighted by Gasteiger charge is -2.15. The van der Waals surface area contributed by atoms with Crippen molar-refractivity contribution in [3.63, 3.8) is 0 Å². The molecule has 0 radical (unpaired) electrons. The molecule has 174 valence electrons. The zero-order chi connectivity index (χ0) is 24.1. The number of carbonyl (C=O) groups is 1. The summed E-state index contributed by atoms with van der Waals surface area (Å²) in [5.74, 6) is 0.914. The molecule has 1 aliphatic heterocycles. The third-order valence-electron chi connectivity index (χ3n) is 5.92. The molecule has 3 aromatic rings. The number of hydrogen-bond acceptors (Lipinski definition) is 5. The highest BCUT2D eigenvalue weighted by Crippen LogP contribution is 2.29. The van der Waals surface area contributed by atoms with Crippen LogP contribution in [0.1, 0.15) is 34.7 Å². The Morgan fingerprint density at radius 2 is 1.82 bits per heavy atom. The quantitative estimate of drug-likeness (QED) is 0.454. The monoisotopic (exact) mass is 453 g/mol. The largest absolute Gasteiger partial charge is 0.380 e. The van der Waals surface area contributed by atoms with E-state index >= 15 is 0 Å². The molecule has 0 saturated carbocycles. The van der Waals surface area contributed by atoms with E-state index in [1.54, 1.807) is 14.0 Å². The van der Waals surface area contributed by atoms with E-state index in [0.29, 0.717) is 26.2 Å². The van der Waals surface area contributed by atoms with E-state index in [4.69, 9.17) is 14.7 Å². The highest BCUT2D eigenvalue weighted by molar-refractivity contribution is 6.17. The summed E-state index contributed by atoms with van der Waals surface area (Å²) < 4.78 is 5.51. The first-order chi connectivity index (χ1) is 16.4. The van der Waals surface area contributed by atoms with Gasteiger partial charge in [-0.25, -0.2) is 4.99 Å². The fraction of sp³-hybridized carbons (Fsp3) is 0.276. The summed E-state index contributed by atoms with van der Waals surface area (Å²) >= 11 is 0. The van der Waals surface area contributed by atoms with E-state index in [1.165, 1.54) is 16.7 Å². The summed E-state index contributed by atoms with van der Waals surface area (Å²) in [5.41, 5.74) is 8.95. The molecular formula is C29H31N3O2. The number of ether oxygens (including phenoxy) is 1. The molecule has 0 saturated heterocycles. The first kappa shape index (κ1) is 23.7. The van der Waals surface area contributed by atoms with Crippen molar-refractivity contribution < 1.29 is 9.53 Å². The van der Waals surface area contributed by atoms with Crippen LogP contribution in [0, 0.1) is 6.92 Å². The Bertz CT molecular complexity index is 1260. The summed E-state index contributed by atoms with van der Waals surface area (Å²) in [6.07, 6.45) is 0. The van der Waals surface area contributed by atoms with Crippen LogP contribution in [0.15, 0.2) is 76.7 Å². The second-order valence-corrected chi connectivity index (χ2v) is 8.89. The average Bonchev–Trinajstić information content (AvgIpc) is 3.30. The van der Waals surface area contributed by atoms with Crippen molar-refractivity contribution in [3.05, 3.63) is 94.5 Å². The highest BCUT2D eigenvalue weighted by atomic mass is 16.5. The van der Waals surface area contributed by atoms with Crippen LogP contribution in [0.2, 0.25) is 0 Å². The molecular weight excluding hydrogens is 422 g/mol. The molecule has 0 atom stereocenters. The molecule has 1 aliphatic rings. The van der Waals surface area contributed by atoms with Crippen molar-refractivity contribution in [2.75, 3.05) is 27.2 Å². The summed E-state index contributed by atoms with van der Waals surface area (Å²) in [7, 11) is 3.68. The molecule has 0 aliphatic carbocycles. The van der Waals surface area contributed by atoms with Crippen LogP contribution in [-0.2, 0) is 22.7 Å². The van der Waals surface area contributed by atoms with Gasteiger partial charge in [0.2, 0.25) is 0 Å². The molecule has 5 nitrogen and oxygen atoms in total. The van der Waals surface area contributed by atoms with Gasteiger partial charge in [0, 0.05) is 19.2 Å². The van der Waals surface area contributed by atoms with Crippen LogP contribution in [0.4, 0.5) is 0 Å². The maximum absolute atomic E-state index is 11.4. The number of Topliss-reactive ketones (excluding diaryl/α,β-unsaturated/α-hetero) is 1. The maximum atomic E-state index is 11.4. The Balaban J connectivity index is 1.58. The average molecular weight is 454 g/mol. The fourth-order valence-corrected chi connectivity index (χ4v) is 4.40. The second-order valence-electron chi connectivity index (χ2n) is 8.89. The molecule has 0 unspecified atom stereocenters. The number of aliphatic imine (C=N–C) groups is 2. The third-order valence-corrected chi connectivity index (χ3v) is 5.92. The zero-order valence-electron chi connectivity index (χ0n) is 20.3. The van der Waals surface area contributed by atoms with Gasteiger partial charge in [-0.15, -0.1) is 0 Å². The van der Waals surface area contributed by atoms with Crippen LogP contribution in [0.25, 0.3) is 11.1 Å². The van der Waals surface area contributed by atoms with Crippen LogP contribution >= 0.6 is 0 Å². The van der Waals surface area contributed by atoms with Gasteiger partial charge in [-0.05, 0) is 66.4 Å². The molecule has 0 N–H and O–H groups in total. The molecule has 0 bridgehead atoms. The van der Waals surface area contributed by atoms with Crippen molar-refractivity contribution in [1.29, 1.82) is 0 Å². The Hall–Kier alpha value is -3.41. The van der Waals surface area contributed by atoms with Gasteiger partial charge in [0.25, 0.3) is 0 Å². The SMILES string of the molecule is COCc1cc(C2=NC(c3cccc(CN(C)CC(C)=O)c3)=NC2)ccc1-c1ccccc1C. The normalized spacial score (nSPS) is 13.2. The van der Waals surface area contributed by atoms with E-state index in [-0.39, 0.29) is 5.78 Å². The molecule has 0 fully saturated rings. The molecule has 5 heteroatoms. The number of carbonyl (C=O) groups excluding carboxylic acids is 1. The molecule has 1 heterocycles. The number of hydrogen-bond donors (Lipinski definition) is 0. The predicted octanol–water partition coefficient (Wildman–Crippen LogP) is 5.08.